The summed E-state index contributed by atoms with van der Waals surface area (Å²) < 4.78 is 5.46. The SMILES string of the molecule is Cc1cc(C2=NNC(=O)CC2)ccc1N1CCN(C(=O)OC(C)(C)C)CC1. The second-order valence-corrected chi connectivity index (χ2v) is 8.05. The Kier molecular flexibility index (Phi) is 5.39. The molecule has 0 saturated carbocycles. The van der Waals surface area contributed by atoms with Crippen molar-refractivity contribution >= 4 is 23.4 Å². The average Bonchev–Trinajstić information content (AvgIpc) is 2.61. The minimum atomic E-state index is -0.470. The van der Waals surface area contributed by atoms with Gasteiger partial charge in [-0.1, -0.05) is 6.07 Å². The van der Waals surface area contributed by atoms with E-state index in [1.807, 2.05) is 20.8 Å². The van der Waals surface area contributed by atoms with Crippen LogP contribution in [0, 0.1) is 6.92 Å². The normalized spacial score (nSPS) is 18.1. The van der Waals surface area contributed by atoms with Crippen molar-refractivity contribution in [2.75, 3.05) is 31.1 Å². The molecule has 0 atom stereocenters. The van der Waals surface area contributed by atoms with E-state index in [0.717, 1.165) is 29.9 Å². The fourth-order valence-corrected chi connectivity index (χ4v) is 3.33. The number of carbonyl (C=O) groups excluding carboxylic acids is 2. The lowest BCUT2D eigenvalue weighted by Gasteiger charge is -2.37. The first-order valence-corrected chi connectivity index (χ1v) is 9.42. The van der Waals surface area contributed by atoms with Crippen LogP contribution in [0.4, 0.5) is 10.5 Å². The van der Waals surface area contributed by atoms with E-state index in [0.29, 0.717) is 25.9 Å². The summed E-state index contributed by atoms with van der Waals surface area (Å²) in [6, 6.07) is 6.28. The summed E-state index contributed by atoms with van der Waals surface area (Å²) in [5, 5.41) is 4.17. The van der Waals surface area contributed by atoms with Gasteiger partial charge in [-0.25, -0.2) is 10.2 Å². The Morgan fingerprint density at radius 1 is 1.15 bits per heavy atom. The third-order valence-corrected chi connectivity index (χ3v) is 4.71. The predicted octanol–water partition coefficient (Wildman–Crippen LogP) is 2.67. The molecule has 2 amide bonds. The third kappa shape index (κ3) is 4.78. The van der Waals surface area contributed by atoms with Crippen molar-refractivity contribution in [3.8, 4) is 0 Å². The fourth-order valence-electron chi connectivity index (χ4n) is 3.33. The predicted molar refractivity (Wildman–Crippen MR) is 105 cm³/mol. The second kappa shape index (κ2) is 7.58. The number of nitrogens with one attached hydrogen (secondary N) is 1. The van der Waals surface area contributed by atoms with E-state index in [4.69, 9.17) is 4.74 Å². The molecule has 146 valence electrons. The summed E-state index contributed by atoms with van der Waals surface area (Å²) in [6.45, 7) is 10.6. The summed E-state index contributed by atoms with van der Waals surface area (Å²) in [5.41, 5.74) is 6.37. The quantitative estimate of drug-likeness (QED) is 0.866. The van der Waals surface area contributed by atoms with Crippen molar-refractivity contribution in [1.29, 1.82) is 0 Å². The number of hydrogen-bond acceptors (Lipinski definition) is 5. The van der Waals surface area contributed by atoms with Crippen LogP contribution >= 0.6 is 0 Å². The van der Waals surface area contributed by atoms with Gasteiger partial charge in [0, 0.05) is 44.7 Å². The number of aryl methyl sites for hydroxylation is 1. The zero-order valence-corrected chi connectivity index (χ0v) is 16.5. The number of hydrazone groups is 1. The van der Waals surface area contributed by atoms with Gasteiger partial charge in [-0.15, -0.1) is 0 Å². The number of benzene rings is 1. The van der Waals surface area contributed by atoms with Crippen LogP contribution in [0.3, 0.4) is 0 Å². The first kappa shape index (κ1) is 19.2. The molecule has 2 heterocycles. The summed E-state index contributed by atoms with van der Waals surface area (Å²) >= 11 is 0. The van der Waals surface area contributed by atoms with Crippen molar-refractivity contribution in [2.45, 2.75) is 46.1 Å². The molecule has 0 aliphatic carbocycles. The smallest absolute Gasteiger partial charge is 0.410 e. The highest BCUT2D eigenvalue weighted by atomic mass is 16.6. The van der Waals surface area contributed by atoms with Crippen LogP contribution < -0.4 is 10.3 Å². The molecule has 7 heteroatoms. The number of anilines is 1. The van der Waals surface area contributed by atoms with E-state index in [9.17, 15) is 9.59 Å². The van der Waals surface area contributed by atoms with Gasteiger partial charge in [0.05, 0.1) is 5.71 Å². The molecule has 2 aliphatic rings. The first-order chi connectivity index (χ1) is 12.7. The minimum Gasteiger partial charge on any atom is -0.444 e. The Morgan fingerprint density at radius 2 is 1.85 bits per heavy atom. The van der Waals surface area contributed by atoms with E-state index in [-0.39, 0.29) is 12.0 Å². The topological polar surface area (TPSA) is 74.2 Å². The molecule has 0 radical (unpaired) electrons. The van der Waals surface area contributed by atoms with Crippen LogP contribution in [0.25, 0.3) is 0 Å². The van der Waals surface area contributed by atoms with Crippen LogP contribution in [0.2, 0.25) is 0 Å². The van der Waals surface area contributed by atoms with Crippen molar-refractivity contribution in [3.05, 3.63) is 29.3 Å². The number of rotatable bonds is 2. The Labute approximate surface area is 160 Å². The zero-order chi connectivity index (χ0) is 19.6. The molecular formula is C20H28N4O3. The molecule has 1 fully saturated rings. The van der Waals surface area contributed by atoms with Crippen LogP contribution in [0.1, 0.15) is 44.7 Å². The third-order valence-electron chi connectivity index (χ3n) is 4.71. The highest BCUT2D eigenvalue weighted by Crippen LogP contribution is 2.24. The van der Waals surface area contributed by atoms with E-state index >= 15 is 0 Å². The molecule has 27 heavy (non-hydrogen) atoms. The Hall–Kier alpha value is -2.57. The molecule has 1 N–H and O–H groups in total. The Morgan fingerprint density at radius 3 is 2.41 bits per heavy atom. The maximum absolute atomic E-state index is 12.2. The van der Waals surface area contributed by atoms with Crippen LogP contribution in [0.5, 0.6) is 0 Å². The van der Waals surface area contributed by atoms with Gasteiger partial charge < -0.3 is 14.5 Å². The summed E-state index contributed by atoms with van der Waals surface area (Å²) in [5.74, 6) is -0.0325. The van der Waals surface area contributed by atoms with E-state index in [2.05, 4.69) is 40.5 Å². The molecule has 0 bridgehead atoms. The van der Waals surface area contributed by atoms with E-state index in [1.165, 1.54) is 5.69 Å². The molecule has 3 rings (SSSR count). The Balaban J connectivity index is 1.63. The van der Waals surface area contributed by atoms with Crippen LogP contribution in [0.15, 0.2) is 23.3 Å². The number of nitrogens with zero attached hydrogens (tertiary/aromatic N) is 3. The van der Waals surface area contributed by atoms with Gasteiger partial charge in [0.25, 0.3) is 0 Å². The van der Waals surface area contributed by atoms with Gasteiger partial charge in [-0.2, -0.15) is 5.10 Å². The highest BCUT2D eigenvalue weighted by Gasteiger charge is 2.26. The molecule has 1 aromatic rings. The van der Waals surface area contributed by atoms with Crippen LogP contribution in [-0.4, -0.2) is 54.4 Å². The van der Waals surface area contributed by atoms with Gasteiger partial charge in [0.1, 0.15) is 5.60 Å². The summed E-state index contributed by atoms with van der Waals surface area (Å²) in [4.78, 5) is 27.5. The molecule has 2 aliphatic heterocycles. The minimum absolute atomic E-state index is 0.0325. The van der Waals surface area contributed by atoms with Gasteiger partial charge in [-0.05, 0) is 51.0 Å². The van der Waals surface area contributed by atoms with Crippen molar-refractivity contribution in [1.82, 2.24) is 10.3 Å². The summed E-state index contributed by atoms with van der Waals surface area (Å²) in [6.07, 6.45) is 0.900. The zero-order valence-electron chi connectivity index (χ0n) is 16.5. The van der Waals surface area contributed by atoms with E-state index < -0.39 is 5.60 Å². The number of hydrogen-bond donors (Lipinski definition) is 1. The molecule has 1 aromatic carbocycles. The number of ether oxygens (including phenoxy) is 1. The lowest BCUT2D eigenvalue weighted by atomic mass is 10.0. The van der Waals surface area contributed by atoms with Gasteiger partial charge >= 0.3 is 6.09 Å². The van der Waals surface area contributed by atoms with Crippen LogP contribution in [-0.2, 0) is 9.53 Å². The molecule has 0 unspecified atom stereocenters. The lowest BCUT2D eigenvalue weighted by molar-refractivity contribution is -0.121. The second-order valence-electron chi connectivity index (χ2n) is 8.05. The van der Waals surface area contributed by atoms with E-state index in [1.54, 1.807) is 4.90 Å². The van der Waals surface area contributed by atoms with Crippen molar-refractivity contribution in [3.63, 3.8) is 0 Å². The number of amides is 2. The fraction of sp³-hybridized carbons (Fsp3) is 0.550. The lowest BCUT2D eigenvalue weighted by Crippen LogP contribution is -2.50. The summed E-state index contributed by atoms with van der Waals surface area (Å²) in [7, 11) is 0. The largest absolute Gasteiger partial charge is 0.444 e. The van der Waals surface area contributed by atoms with Gasteiger partial charge in [0.15, 0.2) is 0 Å². The first-order valence-electron chi connectivity index (χ1n) is 9.42. The maximum atomic E-state index is 12.2. The average molecular weight is 372 g/mol. The van der Waals surface area contributed by atoms with Gasteiger partial charge in [-0.3, -0.25) is 4.79 Å². The molecular weight excluding hydrogens is 344 g/mol. The Bertz CT molecular complexity index is 759. The van der Waals surface area contributed by atoms with Crippen molar-refractivity contribution in [2.24, 2.45) is 5.10 Å². The molecule has 0 aromatic heterocycles. The van der Waals surface area contributed by atoms with Crippen molar-refractivity contribution < 1.29 is 14.3 Å². The monoisotopic (exact) mass is 372 g/mol. The highest BCUT2D eigenvalue weighted by molar-refractivity contribution is 6.04. The van der Waals surface area contributed by atoms with Gasteiger partial charge in [0.2, 0.25) is 5.91 Å². The maximum Gasteiger partial charge on any atom is 0.410 e. The number of carbonyl (C=O) groups is 2. The standard InChI is InChI=1S/C20H28N4O3/c1-14-13-15(16-6-8-18(25)22-21-16)5-7-17(14)23-9-11-24(12-10-23)19(26)27-20(2,3)4/h5,7,13H,6,8-12H2,1-4H3,(H,22,25). The molecule has 7 nitrogen and oxygen atoms in total. The molecule has 0 spiro atoms. The number of piperazine rings is 1. The molecule has 1 saturated heterocycles.